The third-order valence-electron chi connectivity index (χ3n) is 6.00. The number of nitrogens with one attached hydrogen (secondary N) is 1. The van der Waals surface area contributed by atoms with E-state index >= 15 is 0 Å². The predicted molar refractivity (Wildman–Crippen MR) is 133 cm³/mol. The molecule has 3 nitrogen and oxygen atoms in total. The predicted octanol–water partition coefficient (Wildman–Crippen LogP) is 6.81. The number of fused-ring (bicyclic) bond motifs is 2. The van der Waals surface area contributed by atoms with Gasteiger partial charge in [0.05, 0.1) is 19.8 Å². The van der Waals surface area contributed by atoms with Crippen LogP contribution in [0.5, 0.6) is 5.75 Å². The van der Waals surface area contributed by atoms with Crippen LogP contribution in [0.4, 0.5) is 5.69 Å². The minimum Gasteiger partial charge on any atom is -0.496 e. The molecule has 0 bridgehead atoms. The average Bonchev–Trinajstić information content (AvgIpc) is 2.87. The van der Waals surface area contributed by atoms with Gasteiger partial charge in [-0.3, -0.25) is 0 Å². The van der Waals surface area contributed by atoms with E-state index in [1.54, 1.807) is 7.11 Å². The third kappa shape index (κ3) is 3.57. The summed E-state index contributed by atoms with van der Waals surface area (Å²) in [6, 6.07) is 34.9. The summed E-state index contributed by atoms with van der Waals surface area (Å²) in [7, 11) is 1.71. The van der Waals surface area contributed by atoms with Crippen molar-refractivity contribution in [1.29, 1.82) is 0 Å². The highest BCUT2D eigenvalue weighted by atomic mass is 16.5. The molecule has 0 amide bonds. The molecule has 5 aromatic rings. The maximum Gasteiger partial charge on any atom is 0.127 e. The van der Waals surface area contributed by atoms with Gasteiger partial charge in [-0.05, 0) is 39.2 Å². The second kappa shape index (κ2) is 8.74. The third-order valence-corrected chi connectivity index (χ3v) is 6.00. The monoisotopic (exact) mass is 419 g/mol. The molecular weight excluding hydrogens is 394 g/mol. The Kier molecular flexibility index (Phi) is 5.49. The van der Waals surface area contributed by atoms with E-state index in [-0.39, 0.29) is 12.6 Å². The molecule has 1 atom stereocenters. The zero-order chi connectivity index (χ0) is 21.9. The Hall–Kier alpha value is -3.82. The van der Waals surface area contributed by atoms with Gasteiger partial charge >= 0.3 is 0 Å². The summed E-state index contributed by atoms with van der Waals surface area (Å²) < 4.78 is 5.85. The van der Waals surface area contributed by atoms with Gasteiger partial charge in [0.2, 0.25) is 0 Å². The van der Waals surface area contributed by atoms with E-state index in [9.17, 15) is 5.11 Å². The summed E-state index contributed by atoms with van der Waals surface area (Å²) in [4.78, 5) is 0. The smallest absolute Gasteiger partial charge is 0.127 e. The number of rotatable bonds is 6. The van der Waals surface area contributed by atoms with E-state index in [4.69, 9.17) is 4.74 Å². The molecule has 0 radical (unpaired) electrons. The number of aliphatic hydroxyl groups is 1. The summed E-state index contributed by atoms with van der Waals surface area (Å²) in [6.07, 6.45) is 0. The molecule has 5 rings (SSSR count). The zero-order valence-electron chi connectivity index (χ0n) is 18.0. The molecule has 0 saturated heterocycles. The number of ether oxygens (including phenoxy) is 1. The van der Waals surface area contributed by atoms with Crippen molar-refractivity contribution in [3.05, 3.63) is 109 Å². The zero-order valence-corrected chi connectivity index (χ0v) is 18.0. The summed E-state index contributed by atoms with van der Waals surface area (Å²) in [5.41, 5.74) is 4.13. The first-order chi connectivity index (χ1) is 15.8. The Labute approximate surface area is 187 Å². The van der Waals surface area contributed by atoms with Crippen LogP contribution >= 0.6 is 0 Å². The molecule has 0 spiro atoms. The molecule has 3 heteroatoms. The molecule has 32 heavy (non-hydrogen) atoms. The Morgan fingerprint density at radius 1 is 0.688 bits per heavy atom. The Morgan fingerprint density at radius 3 is 1.94 bits per heavy atom. The SMILES string of the molecule is COc1ccc2ccccc2c1-c1c(N[C@@H](CO)c2ccccc2)ccc2ccccc12. The van der Waals surface area contributed by atoms with E-state index in [0.717, 1.165) is 49.7 Å². The van der Waals surface area contributed by atoms with E-state index in [1.807, 2.05) is 36.4 Å². The number of anilines is 1. The van der Waals surface area contributed by atoms with Crippen LogP contribution < -0.4 is 10.1 Å². The number of benzene rings is 5. The van der Waals surface area contributed by atoms with Crippen LogP contribution in [0.1, 0.15) is 11.6 Å². The summed E-state index contributed by atoms with van der Waals surface area (Å²) in [5, 5.41) is 18.4. The highest BCUT2D eigenvalue weighted by Crippen LogP contribution is 2.45. The van der Waals surface area contributed by atoms with Crippen molar-refractivity contribution >= 4 is 27.2 Å². The first-order valence-corrected chi connectivity index (χ1v) is 10.8. The van der Waals surface area contributed by atoms with Crippen molar-refractivity contribution in [3.63, 3.8) is 0 Å². The Bertz CT molecular complexity index is 1380. The summed E-state index contributed by atoms with van der Waals surface area (Å²) in [6.45, 7) is -0.0110. The van der Waals surface area contributed by atoms with Crippen molar-refractivity contribution in [2.24, 2.45) is 0 Å². The molecule has 0 aliphatic carbocycles. The molecule has 0 aromatic heterocycles. The lowest BCUT2D eigenvalue weighted by Gasteiger charge is -2.23. The second-order valence-corrected chi connectivity index (χ2v) is 7.86. The van der Waals surface area contributed by atoms with E-state index < -0.39 is 0 Å². The maximum absolute atomic E-state index is 10.2. The molecule has 158 valence electrons. The number of methoxy groups -OCH3 is 1. The highest BCUT2D eigenvalue weighted by molar-refractivity contribution is 6.11. The fraction of sp³-hybridized carbons (Fsp3) is 0.103. The van der Waals surface area contributed by atoms with Gasteiger partial charge in [0.15, 0.2) is 0 Å². The average molecular weight is 420 g/mol. The minimum atomic E-state index is -0.225. The van der Waals surface area contributed by atoms with Gasteiger partial charge in [-0.2, -0.15) is 0 Å². The molecule has 0 heterocycles. The van der Waals surface area contributed by atoms with Crippen LogP contribution in [-0.2, 0) is 0 Å². The Balaban J connectivity index is 1.79. The lowest BCUT2D eigenvalue weighted by Crippen LogP contribution is -2.15. The molecule has 0 unspecified atom stereocenters. The first-order valence-electron chi connectivity index (χ1n) is 10.8. The van der Waals surface area contributed by atoms with Crippen LogP contribution in [-0.4, -0.2) is 18.8 Å². The lowest BCUT2D eigenvalue weighted by atomic mass is 9.91. The van der Waals surface area contributed by atoms with Crippen molar-refractivity contribution in [2.45, 2.75) is 6.04 Å². The molecule has 0 aliphatic rings. The highest BCUT2D eigenvalue weighted by Gasteiger charge is 2.20. The van der Waals surface area contributed by atoms with Gasteiger partial charge in [0.1, 0.15) is 5.75 Å². The van der Waals surface area contributed by atoms with Crippen LogP contribution in [0.25, 0.3) is 32.7 Å². The fourth-order valence-electron chi connectivity index (χ4n) is 4.45. The minimum absolute atomic E-state index is 0.0110. The largest absolute Gasteiger partial charge is 0.496 e. The van der Waals surface area contributed by atoms with Crippen molar-refractivity contribution in [3.8, 4) is 16.9 Å². The quantitative estimate of drug-likeness (QED) is 0.317. The first kappa shape index (κ1) is 20.1. The Morgan fingerprint density at radius 2 is 1.28 bits per heavy atom. The van der Waals surface area contributed by atoms with Gasteiger partial charge in [0.25, 0.3) is 0 Å². The van der Waals surface area contributed by atoms with E-state index in [0.29, 0.717) is 0 Å². The molecule has 5 aromatic carbocycles. The second-order valence-electron chi connectivity index (χ2n) is 7.86. The van der Waals surface area contributed by atoms with Gasteiger partial charge in [-0.25, -0.2) is 0 Å². The standard InChI is InChI=1S/C29H25NO2/c1-32-27-18-16-21-10-6-8-14-24(21)29(27)28-23-13-7-5-9-20(23)15-17-25(28)30-26(19-31)22-11-3-2-4-12-22/h2-18,26,30-31H,19H2,1H3/t26-/m0/s1. The molecule has 0 saturated carbocycles. The van der Waals surface area contributed by atoms with Crippen molar-refractivity contribution in [2.75, 3.05) is 19.0 Å². The van der Waals surface area contributed by atoms with Crippen molar-refractivity contribution in [1.82, 2.24) is 0 Å². The van der Waals surface area contributed by atoms with E-state index in [1.165, 1.54) is 0 Å². The molecule has 0 fully saturated rings. The van der Waals surface area contributed by atoms with Gasteiger partial charge in [0, 0.05) is 16.8 Å². The topological polar surface area (TPSA) is 41.5 Å². The number of hydrogen-bond donors (Lipinski definition) is 2. The summed E-state index contributed by atoms with van der Waals surface area (Å²) in [5.74, 6) is 0.823. The van der Waals surface area contributed by atoms with Crippen LogP contribution in [0.3, 0.4) is 0 Å². The van der Waals surface area contributed by atoms with Crippen molar-refractivity contribution < 1.29 is 9.84 Å². The van der Waals surface area contributed by atoms with E-state index in [2.05, 4.69) is 72.0 Å². The molecular formula is C29H25NO2. The van der Waals surface area contributed by atoms with Crippen LogP contribution in [0, 0.1) is 0 Å². The van der Waals surface area contributed by atoms with Gasteiger partial charge < -0.3 is 15.2 Å². The maximum atomic E-state index is 10.2. The molecule has 2 N–H and O–H groups in total. The normalized spacial score (nSPS) is 12.1. The van der Waals surface area contributed by atoms with Crippen LogP contribution in [0.15, 0.2) is 103 Å². The number of aliphatic hydroxyl groups excluding tert-OH is 1. The van der Waals surface area contributed by atoms with Gasteiger partial charge in [-0.1, -0.05) is 91.0 Å². The van der Waals surface area contributed by atoms with Gasteiger partial charge in [-0.15, -0.1) is 0 Å². The molecule has 0 aliphatic heterocycles. The van der Waals surface area contributed by atoms with Crippen LogP contribution in [0.2, 0.25) is 0 Å². The fourth-order valence-corrected chi connectivity index (χ4v) is 4.45. The number of hydrogen-bond acceptors (Lipinski definition) is 3. The summed E-state index contributed by atoms with van der Waals surface area (Å²) >= 11 is 0. The lowest BCUT2D eigenvalue weighted by molar-refractivity contribution is 0.276.